The van der Waals surface area contributed by atoms with E-state index in [1.165, 1.54) is 12.1 Å². The maximum Gasteiger partial charge on any atom is 0.416 e. The van der Waals surface area contributed by atoms with Crippen molar-refractivity contribution < 1.29 is 26.7 Å². The second kappa shape index (κ2) is 8.77. The molecule has 0 amide bonds. The molecule has 9 heteroatoms. The van der Waals surface area contributed by atoms with Gasteiger partial charge in [0.15, 0.2) is 16.7 Å². The molecular formula is C20H15F5N2OS. The lowest BCUT2D eigenvalue weighted by Gasteiger charge is -2.10. The first-order chi connectivity index (χ1) is 13.7. The van der Waals surface area contributed by atoms with E-state index >= 15 is 0 Å². The van der Waals surface area contributed by atoms with Gasteiger partial charge in [0.25, 0.3) is 0 Å². The number of benzene rings is 2. The van der Waals surface area contributed by atoms with Crippen molar-refractivity contribution in [2.75, 3.05) is 0 Å². The van der Waals surface area contributed by atoms with Crippen LogP contribution in [0.15, 0.2) is 53.7 Å². The molecule has 0 aliphatic rings. The quantitative estimate of drug-likeness (QED) is 0.259. The first-order valence-electron chi connectivity index (χ1n) is 8.54. The summed E-state index contributed by atoms with van der Waals surface area (Å²) in [5.74, 6) is -1.53. The number of rotatable bonds is 6. The Morgan fingerprint density at radius 2 is 1.79 bits per heavy atom. The summed E-state index contributed by atoms with van der Waals surface area (Å²) >= 11 is 1.13. The maximum atomic E-state index is 13.8. The Balaban J connectivity index is 1.78. The Kier molecular flexibility index (Phi) is 6.36. The highest BCUT2D eigenvalue weighted by atomic mass is 32.2. The molecule has 0 saturated carbocycles. The van der Waals surface area contributed by atoms with Gasteiger partial charge in [-0.3, -0.25) is 0 Å². The molecule has 3 nitrogen and oxygen atoms in total. The SMILES string of the molecule is CCc1cc(Oc2ccc(F)cc2F)nc(SCc2cccc(C(F)(F)F)c2)n1. The van der Waals surface area contributed by atoms with Crippen LogP contribution >= 0.6 is 11.8 Å². The van der Waals surface area contributed by atoms with E-state index in [1.807, 2.05) is 6.92 Å². The molecule has 29 heavy (non-hydrogen) atoms. The van der Waals surface area contributed by atoms with Gasteiger partial charge in [-0.25, -0.2) is 13.8 Å². The summed E-state index contributed by atoms with van der Waals surface area (Å²) in [6.07, 6.45) is -3.87. The average molecular weight is 426 g/mol. The highest BCUT2D eigenvalue weighted by molar-refractivity contribution is 7.98. The fraction of sp³-hybridized carbons (Fsp3) is 0.200. The second-order valence-electron chi connectivity index (χ2n) is 6.00. The summed E-state index contributed by atoms with van der Waals surface area (Å²) < 4.78 is 70.8. The molecule has 152 valence electrons. The summed E-state index contributed by atoms with van der Waals surface area (Å²) in [6, 6.07) is 9.42. The fourth-order valence-corrected chi connectivity index (χ4v) is 3.21. The van der Waals surface area contributed by atoms with Gasteiger partial charge in [0.05, 0.1) is 5.56 Å². The Bertz CT molecular complexity index is 1010. The van der Waals surface area contributed by atoms with Crippen molar-refractivity contribution in [3.8, 4) is 11.6 Å². The predicted octanol–water partition coefficient (Wildman–Crippen LogP) is 6.42. The molecule has 0 atom stereocenters. The number of nitrogens with zero attached hydrogens (tertiary/aromatic N) is 2. The van der Waals surface area contributed by atoms with Crippen LogP contribution in [0.25, 0.3) is 0 Å². The first kappa shape index (κ1) is 21.0. The van der Waals surface area contributed by atoms with E-state index in [9.17, 15) is 22.0 Å². The number of aromatic nitrogens is 2. The standard InChI is InChI=1S/C20H15F5N2OS/c1-2-15-10-18(28-17-7-6-14(21)9-16(17)22)27-19(26-15)29-11-12-4-3-5-13(8-12)20(23,24)25/h3-10H,2,11H2,1H3. The highest BCUT2D eigenvalue weighted by Crippen LogP contribution is 2.31. The minimum Gasteiger partial charge on any atom is -0.436 e. The lowest BCUT2D eigenvalue weighted by Crippen LogP contribution is -2.05. The van der Waals surface area contributed by atoms with Crippen LogP contribution in [0.3, 0.4) is 0 Å². The average Bonchev–Trinajstić information content (AvgIpc) is 2.68. The predicted molar refractivity (Wildman–Crippen MR) is 98.8 cm³/mol. The molecule has 0 unspecified atom stereocenters. The smallest absolute Gasteiger partial charge is 0.416 e. The first-order valence-corrected chi connectivity index (χ1v) is 9.53. The molecule has 0 N–H and O–H groups in total. The van der Waals surface area contributed by atoms with Crippen LogP contribution in [0.5, 0.6) is 11.6 Å². The molecule has 0 saturated heterocycles. The third-order valence-electron chi connectivity index (χ3n) is 3.83. The number of alkyl halides is 3. The maximum absolute atomic E-state index is 13.8. The molecule has 3 rings (SSSR count). The van der Waals surface area contributed by atoms with Crippen molar-refractivity contribution in [3.05, 3.63) is 77.0 Å². The van der Waals surface area contributed by atoms with Gasteiger partial charge in [0.1, 0.15) is 5.82 Å². The molecule has 0 bridgehead atoms. The summed E-state index contributed by atoms with van der Waals surface area (Å²) in [6.45, 7) is 1.85. The molecule has 1 aromatic heterocycles. The van der Waals surface area contributed by atoms with Crippen LogP contribution in [0.2, 0.25) is 0 Å². The van der Waals surface area contributed by atoms with Crippen LogP contribution in [0, 0.1) is 11.6 Å². The van der Waals surface area contributed by atoms with Gasteiger partial charge in [-0.05, 0) is 30.2 Å². The minimum absolute atomic E-state index is 0.0638. The van der Waals surface area contributed by atoms with Gasteiger partial charge < -0.3 is 4.74 Å². The summed E-state index contributed by atoms with van der Waals surface area (Å²) in [4.78, 5) is 8.49. The van der Waals surface area contributed by atoms with Crippen molar-refractivity contribution >= 4 is 11.8 Å². The van der Waals surface area contributed by atoms with E-state index in [0.717, 1.165) is 36.0 Å². The monoisotopic (exact) mass is 426 g/mol. The molecule has 1 heterocycles. The van der Waals surface area contributed by atoms with E-state index in [0.29, 0.717) is 23.7 Å². The molecule has 0 radical (unpaired) electrons. The van der Waals surface area contributed by atoms with E-state index in [4.69, 9.17) is 4.74 Å². The van der Waals surface area contributed by atoms with Crippen molar-refractivity contribution in [1.82, 2.24) is 9.97 Å². The lowest BCUT2D eigenvalue weighted by molar-refractivity contribution is -0.137. The summed E-state index contributed by atoms with van der Waals surface area (Å²) in [5, 5.41) is 0.277. The molecule has 0 aliphatic carbocycles. The van der Waals surface area contributed by atoms with Gasteiger partial charge in [-0.15, -0.1) is 0 Å². The lowest BCUT2D eigenvalue weighted by atomic mass is 10.1. The molecular weight excluding hydrogens is 411 g/mol. The zero-order valence-corrected chi connectivity index (χ0v) is 16.0. The van der Waals surface area contributed by atoms with Crippen molar-refractivity contribution in [2.45, 2.75) is 30.4 Å². The van der Waals surface area contributed by atoms with Gasteiger partial charge in [0, 0.05) is 23.6 Å². The van der Waals surface area contributed by atoms with Gasteiger partial charge in [0.2, 0.25) is 5.88 Å². The van der Waals surface area contributed by atoms with E-state index < -0.39 is 23.4 Å². The Hall–Kier alpha value is -2.68. The summed E-state index contributed by atoms with van der Waals surface area (Å²) in [7, 11) is 0. The third-order valence-corrected chi connectivity index (χ3v) is 4.75. The fourth-order valence-electron chi connectivity index (χ4n) is 2.40. The normalized spacial score (nSPS) is 11.5. The number of aryl methyl sites for hydroxylation is 1. The topological polar surface area (TPSA) is 35.0 Å². The molecule has 0 spiro atoms. The number of thioether (sulfide) groups is 1. The van der Waals surface area contributed by atoms with Crippen LogP contribution in [-0.4, -0.2) is 9.97 Å². The van der Waals surface area contributed by atoms with E-state index in [1.54, 1.807) is 6.07 Å². The van der Waals surface area contributed by atoms with E-state index in [-0.39, 0.29) is 22.5 Å². The number of hydrogen-bond donors (Lipinski definition) is 0. The Labute approximate surface area is 168 Å². The van der Waals surface area contributed by atoms with Gasteiger partial charge in [-0.1, -0.05) is 36.9 Å². The second-order valence-corrected chi connectivity index (χ2v) is 6.94. The van der Waals surface area contributed by atoms with Gasteiger partial charge >= 0.3 is 6.18 Å². The van der Waals surface area contributed by atoms with E-state index in [2.05, 4.69) is 9.97 Å². The number of halogens is 5. The zero-order chi connectivity index (χ0) is 21.0. The third kappa shape index (κ3) is 5.66. The molecule has 0 fully saturated rings. The minimum atomic E-state index is -4.42. The van der Waals surface area contributed by atoms with Crippen LogP contribution in [0.4, 0.5) is 22.0 Å². The van der Waals surface area contributed by atoms with Gasteiger partial charge in [-0.2, -0.15) is 18.2 Å². The van der Waals surface area contributed by atoms with Crippen LogP contribution < -0.4 is 4.74 Å². The highest BCUT2D eigenvalue weighted by Gasteiger charge is 2.30. The van der Waals surface area contributed by atoms with Crippen LogP contribution in [0.1, 0.15) is 23.7 Å². The zero-order valence-electron chi connectivity index (χ0n) is 15.1. The molecule has 3 aromatic rings. The number of ether oxygens (including phenoxy) is 1. The van der Waals surface area contributed by atoms with Crippen LogP contribution in [-0.2, 0) is 18.3 Å². The van der Waals surface area contributed by atoms with Crippen molar-refractivity contribution in [1.29, 1.82) is 0 Å². The largest absolute Gasteiger partial charge is 0.436 e. The Morgan fingerprint density at radius 1 is 1.00 bits per heavy atom. The number of hydrogen-bond acceptors (Lipinski definition) is 4. The summed E-state index contributed by atoms with van der Waals surface area (Å²) in [5.41, 5.74) is 0.348. The molecule has 0 aliphatic heterocycles. The van der Waals surface area contributed by atoms with Crippen molar-refractivity contribution in [3.63, 3.8) is 0 Å². The molecule has 2 aromatic carbocycles. The van der Waals surface area contributed by atoms with Crippen molar-refractivity contribution in [2.24, 2.45) is 0 Å². The Morgan fingerprint density at radius 3 is 2.48 bits per heavy atom.